The number of rotatable bonds is 5. The molecule has 1 aliphatic carbocycles. The fraction of sp³-hybridized carbons (Fsp3) is 0.333. The molecule has 1 saturated carbocycles. The van der Waals surface area contributed by atoms with E-state index in [0.29, 0.717) is 24.4 Å². The zero-order chi connectivity index (χ0) is 15.8. The second-order valence-electron chi connectivity index (χ2n) is 5.54. The van der Waals surface area contributed by atoms with Gasteiger partial charge in [-0.3, -0.25) is 4.79 Å². The molecule has 0 radical (unpaired) electrons. The molecular weight excluding hydrogens is 317 g/mol. The highest BCUT2D eigenvalue weighted by molar-refractivity contribution is 7.16. The lowest BCUT2D eigenvalue weighted by Crippen LogP contribution is -2.25. The first-order chi connectivity index (χ1) is 11.2. The van der Waals surface area contributed by atoms with Crippen molar-refractivity contribution < 1.29 is 9.18 Å². The number of fused-ring (bicyclic) bond motifs is 1. The summed E-state index contributed by atoms with van der Waals surface area (Å²) in [4.78, 5) is 12.7. The van der Waals surface area contributed by atoms with Crippen molar-refractivity contribution in [1.29, 1.82) is 0 Å². The Hall–Kier alpha value is -2.35. The topological polar surface area (TPSA) is 72.2 Å². The molecular formula is C15H14FN5OS. The van der Waals surface area contributed by atoms with Crippen LogP contribution in [-0.4, -0.2) is 32.3 Å². The Morgan fingerprint density at radius 2 is 2.26 bits per heavy atom. The first-order valence-electron chi connectivity index (χ1n) is 7.45. The molecule has 0 spiro atoms. The minimum Gasteiger partial charge on any atom is -0.352 e. The highest BCUT2D eigenvalue weighted by Crippen LogP contribution is 2.39. The van der Waals surface area contributed by atoms with Crippen molar-refractivity contribution in [2.75, 3.05) is 6.54 Å². The molecule has 2 aromatic heterocycles. The lowest BCUT2D eigenvalue weighted by Gasteiger charge is -2.03. The molecule has 2 heterocycles. The highest BCUT2D eigenvalue weighted by Gasteiger charge is 2.29. The van der Waals surface area contributed by atoms with Gasteiger partial charge in [0.25, 0.3) is 5.91 Å². The van der Waals surface area contributed by atoms with Crippen LogP contribution in [0, 0.1) is 5.82 Å². The van der Waals surface area contributed by atoms with Gasteiger partial charge in [-0.15, -0.1) is 10.2 Å². The van der Waals surface area contributed by atoms with Gasteiger partial charge >= 0.3 is 0 Å². The van der Waals surface area contributed by atoms with Gasteiger partial charge in [0.15, 0.2) is 5.82 Å². The predicted octanol–water partition coefficient (Wildman–Crippen LogP) is 2.17. The van der Waals surface area contributed by atoms with Gasteiger partial charge in [-0.2, -0.15) is 9.61 Å². The van der Waals surface area contributed by atoms with E-state index in [-0.39, 0.29) is 5.91 Å². The van der Waals surface area contributed by atoms with E-state index in [1.807, 2.05) is 4.52 Å². The molecule has 3 aromatic rings. The molecule has 1 aliphatic rings. The van der Waals surface area contributed by atoms with E-state index in [0.717, 1.165) is 28.6 Å². The van der Waals surface area contributed by atoms with Crippen molar-refractivity contribution in [2.45, 2.75) is 25.2 Å². The number of halogens is 1. The molecule has 1 aromatic carbocycles. The fourth-order valence-electron chi connectivity index (χ4n) is 2.38. The van der Waals surface area contributed by atoms with Crippen LogP contribution in [0.1, 0.15) is 39.9 Å². The molecule has 8 heteroatoms. The Bertz CT molecular complexity index is 870. The maximum atomic E-state index is 13.1. The summed E-state index contributed by atoms with van der Waals surface area (Å²) in [5.41, 5.74) is 0.319. The van der Waals surface area contributed by atoms with Crippen molar-refractivity contribution in [2.24, 2.45) is 0 Å². The Balaban J connectivity index is 1.38. The SMILES string of the molecule is O=C(NCCc1nn2c(C3CC3)nnc2s1)c1cccc(F)c1. The minimum atomic E-state index is -0.418. The smallest absolute Gasteiger partial charge is 0.251 e. The lowest BCUT2D eigenvalue weighted by molar-refractivity contribution is 0.0953. The first kappa shape index (κ1) is 14.3. The van der Waals surface area contributed by atoms with Crippen molar-refractivity contribution in [3.05, 3.63) is 46.5 Å². The van der Waals surface area contributed by atoms with E-state index >= 15 is 0 Å². The summed E-state index contributed by atoms with van der Waals surface area (Å²) in [5, 5.41) is 16.5. The summed E-state index contributed by atoms with van der Waals surface area (Å²) in [5.74, 6) is 0.726. The maximum absolute atomic E-state index is 13.1. The van der Waals surface area contributed by atoms with E-state index in [4.69, 9.17) is 0 Å². The van der Waals surface area contributed by atoms with Crippen LogP contribution in [0.2, 0.25) is 0 Å². The third kappa shape index (κ3) is 2.94. The third-order valence-electron chi connectivity index (χ3n) is 3.71. The number of hydrogen-bond acceptors (Lipinski definition) is 5. The van der Waals surface area contributed by atoms with Gasteiger partial charge in [-0.05, 0) is 31.0 Å². The number of nitrogens with zero attached hydrogens (tertiary/aromatic N) is 4. The largest absolute Gasteiger partial charge is 0.352 e. The number of carbonyl (C=O) groups excluding carboxylic acids is 1. The molecule has 1 fully saturated rings. The highest BCUT2D eigenvalue weighted by atomic mass is 32.1. The van der Waals surface area contributed by atoms with E-state index in [1.54, 1.807) is 6.07 Å². The van der Waals surface area contributed by atoms with Gasteiger partial charge < -0.3 is 5.32 Å². The van der Waals surface area contributed by atoms with Crippen molar-refractivity contribution >= 4 is 22.2 Å². The van der Waals surface area contributed by atoms with Crippen LogP contribution in [0.3, 0.4) is 0 Å². The standard InChI is InChI=1S/C15H14FN5OS/c16-11-3-1-2-10(8-11)14(22)17-7-6-12-20-21-13(9-4-5-9)18-19-15(21)23-12/h1-3,8-9H,4-7H2,(H,17,22). The predicted molar refractivity (Wildman–Crippen MR) is 83.1 cm³/mol. The third-order valence-corrected chi connectivity index (χ3v) is 4.67. The van der Waals surface area contributed by atoms with Crippen LogP contribution < -0.4 is 5.32 Å². The second-order valence-corrected chi connectivity index (χ2v) is 6.58. The van der Waals surface area contributed by atoms with Gasteiger partial charge in [0.2, 0.25) is 4.96 Å². The average molecular weight is 331 g/mol. The fourth-order valence-corrected chi connectivity index (χ4v) is 3.22. The summed E-state index contributed by atoms with van der Waals surface area (Å²) in [6, 6.07) is 5.64. The monoisotopic (exact) mass is 331 g/mol. The van der Waals surface area contributed by atoms with Gasteiger partial charge in [0.05, 0.1) is 0 Å². The summed E-state index contributed by atoms with van der Waals surface area (Å²) >= 11 is 1.48. The molecule has 1 amide bonds. The summed E-state index contributed by atoms with van der Waals surface area (Å²) in [6.45, 7) is 0.443. The van der Waals surface area contributed by atoms with Gasteiger partial charge in [-0.1, -0.05) is 17.4 Å². The molecule has 1 N–H and O–H groups in total. The average Bonchev–Trinajstić information content (AvgIpc) is 3.18. The van der Waals surface area contributed by atoms with Crippen LogP contribution in [0.5, 0.6) is 0 Å². The molecule has 6 nitrogen and oxygen atoms in total. The van der Waals surface area contributed by atoms with Gasteiger partial charge in [0.1, 0.15) is 10.8 Å². The Labute approximate surface area is 135 Å². The number of benzene rings is 1. The zero-order valence-electron chi connectivity index (χ0n) is 12.2. The maximum Gasteiger partial charge on any atom is 0.251 e. The molecule has 0 saturated heterocycles. The lowest BCUT2D eigenvalue weighted by atomic mass is 10.2. The van der Waals surface area contributed by atoms with Crippen LogP contribution in [0.4, 0.5) is 4.39 Å². The molecule has 0 atom stereocenters. The minimum absolute atomic E-state index is 0.286. The summed E-state index contributed by atoms with van der Waals surface area (Å²) in [7, 11) is 0. The summed E-state index contributed by atoms with van der Waals surface area (Å²) in [6.07, 6.45) is 2.91. The molecule has 23 heavy (non-hydrogen) atoms. The van der Waals surface area contributed by atoms with Crippen LogP contribution in [0.15, 0.2) is 24.3 Å². The number of hydrogen-bond donors (Lipinski definition) is 1. The van der Waals surface area contributed by atoms with E-state index < -0.39 is 5.82 Å². The number of amides is 1. The first-order valence-corrected chi connectivity index (χ1v) is 8.27. The van der Waals surface area contributed by atoms with Crippen LogP contribution in [0.25, 0.3) is 4.96 Å². The zero-order valence-corrected chi connectivity index (χ0v) is 13.0. The van der Waals surface area contributed by atoms with Crippen molar-refractivity contribution in [3.8, 4) is 0 Å². The Morgan fingerprint density at radius 3 is 3.04 bits per heavy atom. The Morgan fingerprint density at radius 1 is 1.39 bits per heavy atom. The van der Waals surface area contributed by atoms with Crippen molar-refractivity contribution in [1.82, 2.24) is 25.1 Å². The second kappa shape index (κ2) is 5.69. The molecule has 0 aliphatic heterocycles. The molecule has 4 rings (SSSR count). The summed E-state index contributed by atoms with van der Waals surface area (Å²) < 4.78 is 14.9. The van der Waals surface area contributed by atoms with Crippen LogP contribution >= 0.6 is 11.3 Å². The van der Waals surface area contributed by atoms with Gasteiger partial charge in [-0.25, -0.2) is 4.39 Å². The van der Waals surface area contributed by atoms with Gasteiger partial charge in [0, 0.05) is 24.4 Å². The molecule has 118 valence electrons. The quantitative estimate of drug-likeness (QED) is 0.778. The Kier molecular flexibility index (Phi) is 3.53. The number of carbonyl (C=O) groups is 1. The van der Waals surface area contributed by atoms with E-state index in [9.17, 15) is 9.18 Å². The normalized spacial score (nSPS) is 14.3. The number of nitrogens with one attached hydrogen (secondary N) is 1. The van der Waals surface area contributed by atoms with Crippen LogP contribution in [-0.2, 0) is 6.42 Å². The molecule has 0 bridgehead atoms. The van der Waals surface area contributed by atoms with E-state index in [1.165, 1.54) is 29.5 Å². The molecule has 0 unspecified atom stereocenters. The van der Waals surface area contributed by atoms with E-state index in [2.05, 4.69) is 20.6 Å². The number of aromatic nitrogens is 4. The van der Waals surface area contributed by atoms with Crippen molar-refractivity contribution in [3.63, 3.8) is 0 Å².